The molecule has 2 aromatic carbocycles. The molecule has 31 heavy (non-hydrogen) atoms. The Hall–Kier alpha value is -3.40. The van der Waals surface area contributed by atoms with Crippen molar-refractivity contribution in [2.75, 3.05) is 18.5 Å². The maximum Gasteiger partial charge on any atom is 0.248 e. The summed E-state index contributed by atoms with van der Waals surface area (Å²) in [5.74, 6) is 2.22. The number of amides is 1. The lowest BCUT2D eigenvalue weighted by atomic mass is 10.1. The third kappa shape index (κ3) is 5.21. The van der Waals surface area contributed by atoms with Gasteiger partial charge in [0.2, 0.25) is 5.91 Å². The molecule has 1 atom stereocenters. The number of rotatable bonds is 7. The maximum atomic E-state index is 12.5. The Bertz CT molecular complexity index is 1120. The number of anilines is 1. The molecule has 1 fully saturated rings. The highest BCUT2D eigenvalue weighted by atomic mass is 16.5. The summed E-state index contributed by atoms with van der Waals surface area (Å²) in [6, 6.07) is 13.5. The highest BCUT2D eigenvalue weighted by molar-refractivity contribution is 6.02. The molecule has 1 aromatic heterocycles. The number of hydrogen-bond donors (Lipinski definition) is 1. The van der Waals surface area contributed by atoms with E-state index in [4.69, 9.17) is 15.9 Å². The normalized spacial score (nSPS) is 16.4. The Morgan fingerprint density at radius 3 is 3.06 bits per heavy atom. The van der Waals surface area contributed by atoms with Crippen LogP contribution < -0.4 is 5.32 Å². The number of aromatic nitrogens is 2. The summed E-state index contributed by atoms with van der Waals surface area (Å²) in [5, 5.41) is 8.48. The van der Waals surface area contributed by atoms with E-state index in [1.807, 2.05) is 53.3 Å². The zero-order valence-electron chi connectivity index (χ0n) is 17.3. The molecule has 0 spiro atoms. The van der Waals surface area contributed by atoms with E-state index in [1.54, 1.807) is 6.08 Å². The molecule has 158 valence electrons. The van der Waals surface area contributed by atoms with Crippen LogP contribution in [0.2, 0.25) is 0 Å². The molecule has 0 saturated carbocycles. The first-order valence-electron chi connectivity index (χ1n) is 10.4. The molecular formula is C25H25N3O3. The predicted octanol–water partition coefficient (Wildman–Crippen LogP) is 4.54. The van der Waals surface area contributed by atoms with Crippen molar-refractivity contribution in [1.82, 2.24) is 9.78 Å². The number of nitrogens with one attached hydrogen (secondary N) is 1. The summed E-state index contributed by atoms with van der Waals surface area (Å²) in [7, 11) is 0. The summed E-state index contributed by atoms with van der Waals surface area (Å²) < 4.78 is 13.2. The van der Waals surface area contributed by atoms with Crippen LogP contribution in [0.25, 0.3) is 17.0 Å². The molecule has 4 rings (SSSR count). The number of ether oxygens (including phenoxy) is 2. The third-order valence-electron chi connectivity index (χ3n) is 5.20. The van der Waals surface area contributed by atoms with Gasteiger partial charge in [0.1, 0.15) is 6.61 Å². The minimum Gasteiger partial charge on any atom is -0.364 e. The molecule has 1 aliphatic heterocycles. The van der Waals surface area contributed by atoms with Crippen LogP contribution in [0.1, 0.15) is 36.6 Å². The predicted molar refractivity (Wildman–Crippen MR) is 121 cm³/mol. The van der Waals surface area contributed by atoms with E-state index in [0.717, 1.165) is 47.9 Å². The van der Waals surface area contributed by atoms with E-state index in [0.29, 0.717) is 12.3 Å². The molecule has 1 amide bonds. The zero-order chi connectivity index (χ0) is 21.5. The zero-order valence-corrected chi connectivity index (χ0v) is 17.3. The Morgan fingerprint density at radius 2 is 2.23 bits per heavy atom. The van der Waals surface area contributed by atoms with Gasteiger partial charge in [-0.05, 0) is 43.0 Å². The highest BCUT2D eigenvalue weighted by Gasteiger charge is 2.18. The SMILES string of the molecule is C#CCOCc1ccccc1NC(=O)/C=C/c1ccc2cnn(C3CCCCO3)c2c1. The summed E-state index contributed by atoms with van der Waals surface area (Å²) in [6.07, 6.45) is 13.6. The van der Waals surface area contributed by atoms with E-state index in [-0.39, 0.29) is 18.7 Å². The molecule has 0 bridgehead atoms. The van der Waals surface area contributed by atoms with E-state index in [9.17, 15) is 4.79 Å². The number of carbonyl (C=O) groups is 1. The van der Waals surface area contributed by atoms with Crippen LogP contribution in [0.3, 0.4) is 0 Å². The van der Waals surface area contributed by atoms with Crippen LogP contribution >= 0.6 is 0 Å². The van der Waals surface area contributed by atoms with Crippen LogP contribution in [0.15, 0.2) is 54.7 Å². The number of hydrogen-bond acceptors (Lipinski definition) is 4. The Balaban J connectivity index is 1.46. The van der Waals surface area contributed by atoms with Crippen LogP contribution in [-0.2, 0) is 20.9 Å². The van der Waals surface area contributed by atoms with Crippen LogP contribution in [0, 0.1) is 12.3 Å². The number of carbonyl (C=O) groups excluding carboxylic acids is 1. The minimum atomic E-state index is -0.214. The van der Waals surface area contributed by atoms with Gasteiger partial charge in [-0.3, -0.25) is 4.79 Å². The van der Waals surface area contributed by atoms with Gasteiger partial charge in [0.25, 0.3) is 0 Å². The molecule has 0 radical (unpaired) electrons. The molecular weight excluding hydrogens is 390 g/mol. The van der Waals surface area contributed by atoms with Gasteiger partial charge >= 0.3 is 0 Å². The van der Waals surface area contributed by atoms with Gasteiger partial charge in [0.05, 0.1) is 18.3 Å². The maximum absolute atomic E-state index is 12.5. The lowest BCUT2D eigenvalue weighted by Gasteiger charge is -2.23. The first-order chi connectivity index (χ1) is 15.2. The number of benzene rings is 2. The van der Waals surface area contributed by atoms with Gasteiger partial charge in [-0.2, -0.15) is 5.10 Å². The first-order valence-corrected chi connectivity index (χ1v) is 10.4. The molecule has 0 aliphatic carbocycles. The average Bonchev–Trinajstić information content (AvgIpc) is 3.23. The summed E-state index contributed by atoms with van der Waals surface area (Å²) in [4.78, 5) is 12.5. The van der Waals surface area contributed by atoms with Crippen molar-refractivity contribution < 1.29 is 14.3 Å². The largest absolute Gasteiger partial charge is 0.364 e. The Morgan fingerprint density at radius 1 is 1.32 bits per heavy atom. The quantitative estimate of drug-likeness (QED) is 0.350. The number of para-hydroxylation sites is 1. The van der Waals surface area contributed by atoms with Gasteiger partial charge in [-0.25, -0.2) is 4.68 Å². The second-order valence-electron chi connectivity index (χ2n) is 7.41. The molecule has 3 aromatic rings. The topological polar surface area (TPSA) is 65.4 Å². The van der Waals surface area contributed by atoms with Gasteiger partial charge in [-0.15, -0.1) is 6.42 Å². The Labute approximate surface area is 181 Å². The molecule has 6 heteroatoms. The Kier molecular flexibility index (Phi) is 6.78. The third-order valence-corrected chi connectivity index (χ3v) is 5.20. The van der Waals surface area contributed by atoms with E-state index in [2.05, 4.69) is 16.3 Å². The average molecular weight is 415 g/mol. The van der Waals surface area contributed by atoms with E-state index in [1.165, 1.54) is 6.08 Å². The summed E-state index contributed by atoms with van der Waals surface area (Å²) in [5.41, 5.74) is 3.51. The van der Waals surface area contributed by atoms with Gasteiger partial charge in [0.15, 0.2) is 6.23 Å². The molecule has 1 unspecified atom stereocenters. The standard InChI is InChI=1S/C25H25N3O3/c1-2-14-30-18-21-7-3-4-8-22(21)27-24(29)13-11-19-10-12-20-17-26-28(23(20)16-19)25-9-5-6-15-31-25/h1,3-4,7-8,10-13,16-17,25H,5-6,9,14-15,18H2,(H,27,29)/b13-11+. The van der Waals surface area contributed by atoms with Gasteiger partial charge in [0, 0.05) is 29.3 Å². The number of terminal acetylenes is 1. The van der Waals surface area contributed by atoms with E-state index < -0.39 is 0 Å². The second kappa shape index (κ2) is 10.1. The highest BCUT2D eigenvalue weighted by Crippen LogP contribution is 2.27. The van der Waals surface area contributed by atoms with Crippen molar-refractivity contribution in [1.29, 1.82) is 0 Å². The van der Waals surface area contributed by atoms with Crippen LogP contribution in [0.5, 0.6) is 0 Å². The van der Waals surface area contributed by atoms with Crippen LogP contribution in [-0.4, -0.2) is 28.9 Å². The second-order valence-corrected chi connectivity index (χ2v) is 7.41. The van der Waals surface area contributed by atoms with E-state index >= 15 is 0 Å². The fourth-order valence-electron chi connectivity index (χ4n) is 3.64. The molecule has 1 aliphatic rings. The molecule has 1 N–H and O–H groups in total. The van der Waals surface area contributed by atoms with Crippen molar-refractivity contribution >= 4 is 28.6 Å². The monoisotopic (exact) mass is 415 g/mol. The van der Waals surface area contributed by atoms with Crippen molar-refractivity contribution in [2.45, 2.75) is 32.1 Å². The minimum absolute atomic E-state index is 0.0260. The number of nitrogens with zero attached hydrogens (tertiary/aromatic N) is 2. The summed E-state index contributed by atoms with van der Waals surface area (Å²) >= 11 is 0. The van der Waals surface area contributed by atoms with Crippen molar-refractivity contribution in [3.63, 3.8) is 0 Å². The first kappa shape index (κ1) is 20.9. The molecule has 2 heterocycles. The molecule has 1 saturated heterocycles. The van der Waals surface area contributed by atoms with Crippen LogP contribution in [0.4, 0.5) is 5.69 Å². The fraction of sp³-hybridized carbons (Fsp3) is 0.280. The van der Waals surface area contributed by atoms with Gasteiger partial charge in [-0.1, -0.05) is 36.3 Å². The lowest BCUT2D eigenvalue weighted by molar-refractivity contribution is -0.111. The van der Waals surface area contributed by atoms with Gasteiger partial charge < -0.3 is 14.8 Å². The number of fused-ring (bicyclic) bond motifs is 1. The fourth-order valence-corrected chi connectivity index (χ4v) is 3.64. The summed E-state index contributed by atoms with van der Waals surface area (Å²) in [6.45, 7) is 1.34. The van der Waals surface area contributed by atoms with Crippen molar-refractivity contribution in [2.24, 2.45) is 0 Å². The smallest absolute Gasteiger partial charge is 0.248 e. The van der Waals surface area contributed by atoms with Crippen molar-refractivity contribution in [3.8, 4) is 12.3 Å². The lowest BCUT2D eigenvalue weighted by Crippen LogP contribution is -2.18. The van der Waals surface area contributed by atoms with Crippen molar-refractivity contribution in [3.05, 3.63) is 65.9 Å². The molecule has 6 nitrogen and oxygen atoms in total.